The standard InChI is InChI=1S/C5H6N2O/c1-2-3-5(4-6)7-8/h2,8H,1,3H2. The Morgan fingerprint density at radius 3 is 2.75 bits per heavy atom. The van der Waals surface area contributed by atoms with Gasteiger partial charge in [0, 0.05) is 6.42 Å². The van der Waals surface area contributed by atoms with E-state index in [1.165, 1.54) is 6.08 Å². The van der Waals surface area contributed by atoms with E-state index >= 15 is 0 Å². The fourth-order valence-corrected chi connectivity index (χ4v) is 0.246. The number of hydrogen-bond donors (Lipinski definition) is 1. The number of rotatable bonds is 2. The molecule has 0 radical (unpaired) electrons. The van der Waals surface area contributed by atoms with E-state index in [-0.39, 0.29) is 5.71 Å². The largest absolute Gasteiger partial charge is 0.410 e. The van der Waals surface area contributed by atoms with Crippen molar-refractivity contribution in [2.75, 3.05) is 0 Å². The summed E-state index contributed by atoms with van der Waals surface area (Å²) in [5.74, 6) is 0. The Morgan fingerprint density at radius 1 is 2.00 bits per heavy atom. The molecule has 1 N–H and O–H groups in total. The van der Waals surface area contributed by atoms with Gasteiger partial charge in [-0.1, -0.05) is 11.2 Å². The first-order valence-corrected chi connectivity index (χ1v) is 2.07. The predicted molar refractivity (Wildman–Crippen MR) is 29.6 cm³/mol. The molecule has 0 aliphatic heterocycles. The lowest BCUT2D eigenvalue weighted by Crippen LogP contribution is -1.89. The van der Waals surface area contributed by atoms with Gasteiger partial charge in [0.05, 0.1) is 0 Å². The van der Waals surface area contributed by atoms with Crippen molar-refractivity contribution in [1.82, 2.24) is 0 Å². The smallest absolute Gasteiger partial charge is 0.160 e. The molecule has 0 aliphatic carbocycles. The lowest BCUT2D eigenvalue weighted by molar-refractivity contribution is 0.319. The van der Waals surface area contributed by atoms with Gasteiger partial charge in [-0.25, -0.2) is 0 Å². The Morgan fingerprint density at radius 2 is 2.62 bits per heavy atom. The highest BCUT2D eigenvalue weighted by Crippen LogP contribution is 1.82. The summed E-state index contributed by atoms with van der Waals surface area (Å²) >= 11 is 0. The molecule has 0 fully saturated rings. The minimum atomic E-state index is 0.0833. The molecule has 0 saturated heterocycles. The van der Waals surface area contributed by atoms with Gasteiger partial charge in [-0.05, 0) is 0 Å². The molecule has 0 saturated carbocycles. The van der Waals surface area contributed by atoms with Crippen LogP contribution in [-0.2, 0) is 0 Å². The van der Waals surface area contributed by atoms with Crippen molar-refractivity contribution in [1.29, 1.82) is 5.26 Å². The second-order valence-electron chi connectivity index (χ2n) is 1.15. The quantitative estimate of drug-likeness (QED) is 0.248. The molecule has 0 aromatic rings. The minimum absolute atomic E-state index is 0.0833. The van der Waals surface area contributed by atoms with Crippen LogP contribution in [0.25, 0.3) is 0 Å². The van der Waals surface area contributed by atoms with E-state index < -0.39 is 0 Å². The van der Waals surface area contributed by atoms with Crippen molar-refractivity contribution in [2.45, 2.75) is 6.42 Å². The van der Waals surface area contributed by atoms with Crippen LogP contribution >= 0.6 is 0 Å². The third-order valence-corrected chi connectivity index (χ3v) is 0.587. The summed E-state index contributed by atoms with van der Waals surface area (Å²) in [5, 5.41) is 18.7. The monoisotopic (exact) mass is 110 g/mol. The first kappa shape index (κ1) is 6.70. The van der Waals surface area contributed by atoms with Gasteiger partial charge in [-0.2, -0.15) is 5.26 Å². The average Bonchev–Trinajstić information content (AvgIpc) is 1.83. The van der Waals surface area contributed by atoms with E-state index in [0.717, 1.165) is 0 Å². The summed E-state index contributed by atoms with van der Waals surface area (Å²) in [4.78, 5) is 0. The maximum atomic E-state index is 8.07. The zero-order valence-corrected chi connectivity index (χ0v) is 4.33. The molecule has 8 heavy (non-hydrogen) atoms. The Labute approximate surface area is 47.5 Å². The summed E-state index contributed by atoms with van der Waals surface area (Å²) in [7, 11) is 0. The van der Waals surface area contributed by atoms with Crippen molar-refractivity contribution in [3.05, 3.63) is 12.7 Å². The van der Waals surface area contributed by atoms with E-state index in [4.69, 9.17) is 10.5 Å². The second kappa shape index (κ2) is 3.88. The number of nitrogens with zero attached hydrogens (tertiary/aromatic N) is 2. The maximum Gasteiger partial charge on any atom is 0.160 e. The highest BCUT2D eigenvalue weighted by atomic mass is 16.4. The lowest BCUT2D eigenvalue weighted by atomic mass is 10.3. The first-order valence-electron chi connectivity index (χ1n) is 2.07. The maximum absolute atomic E-state index is 8.07. The molecule has 0 aliphatic rings. The number of oxime groups is 1. The van der Waals surface area contributed by atoms with Crippen LogP contribution in [0, 0.1) is 11.3 Å². The van der Waals surface area contributed by atoms with Crippen LogP contribution in [-0.4, -0.2) is 10.9 Å². The first-order chi connectivity index (χ1) is 3.85. The summed E-state index contributed by atoms with van der Waals surface area (Å²) in [6.07, 6.45) is 1.82. The summed E-state index contributed by atoms with van der Waals surface area (Å²) in [6, 6.07) is 1.68. The molecule has 0 aromatic carbocycles. The third kappa shape index (κ3) is 1.98. The van der Waals surface area contributed by atoms with Crippen molar-refractivity contribution >= 4 is 5.71 Å². The lowest BCUT2D eigenvalue weighted by Gasteiger charge is -1.80. The topological polar surface area (TPSA) is 56.4 Å². The molecule has 0 heterocycles. The van der Waals surface area contributed by atoms with Gasteiger partial charge >= 0.3 is 0 Å². The molecular formula is C5H6N2O. The third-order valence-electron chi connectivity index (χ3n) is 0.587. The fraction of sp³-hybridized carbons (Fsp3) is 0.200. The van der Waals surface area contributed by atoms with Gasteiger partial charge in [0.25, 0.3) is 0 Å². The number of nitriles is 1. The average molecular weight is 110 g/mol. The summed E-state index contributed by atoms with van der Waals surface area (Å²) in [5.41, 5.74) is 0.0833. The minimum Gasteiger partial charge on any atom is -0.410 e. The van der Waals surface area contributed by atoms with Crippen molar-refractivity contribution in [3.8, 4) is 6.07 Å². The zero-order valence-electron chi connectivity index (χ0n) is 4.33. The van der Waals surface area contributed by atoms with Gasteiger partial charge < -0.3 is 5.21 Å². The molecule has 0 spiro atoms. The van der Waals surface area contributed by atoms with E-state index in [2.05, 4.69) is 11.7 Å². The normalized spacial score (nSPS) is 10.1. The van der Waals surface area contributed by atoms with Gasteiger partial charge in [0.15, 0.2) is 5.71 Å². The van der Waals surface area contributed by atoms with Crippen LogP contribution in [0.5, 0.6) is 0 Å². The van der Waals surface area contributed by atoms with Crippen molar-refractivity contribution in [3.63, 3.8) is 0 Å². The van der Waals surface area contributed by atoms with Crippen LogP contribution in [0.3, 0.4) is 0 Å². The Bertz CT molecular complexity index is 143. The van der Waals surface area contributed by atoms with Crippen LogP contribution in [0.1, 0.15) is 6.42 Å². The highest BCUT2D eigenvalue weighted by molar-refractivity contribution is 5.98. The highest BCUT2D eigenvalue weighted by Gasteiger charge is 1.89. The van der Waals surface area contributed by atoms with Gasteiger partial charge in [0.2, 0.25) is 0 Å². The van der Waals surface area contributed by atoms with Crippen molar-refractivity contribution in [2.24, 2.45) is 5.16 Å². The predicted octanol–water partition coefficient (Wildman–Crippen LogP) is 0.916. The van der Waals surface area contributed by atoms with E-state index in [0.29, 0.717) is 6.42 Å². The van der Waals surface area contributed by atoms with E-state index in [1.54, 1.807) is 6.07 Å². The second-order valence-corrected chi connectivity index (χ2v) is 1.15. The molecular weight excluding hydrogens is 104 g/mol. The Hall–Kier alpha value is -1.30. The molecule has 0 atom stereocenters. The van der Waals surface area contributed by atoms with Crippen LogP contribution < -0.4 is 0 Å². The van der Waals surface area contributed by atoms with E-state index in [9.17, 15) is 0 Å². The molecule has 3 heteroatoms. The summed E-state index contributed by atoms with van der Waals surface area (Å²) in [6.45, 7) is 3.35. The fourth-order valence-electron chi connectivity index (χ4n) is 0.246. The number of allylic oxidation sites excluding steroid dienone is 1. The van der Waals surface area contributed by atoms with Crippen molar-refractivity contribution < 1.29 is 5.21 Å². The molecule has 0 unspecified atom stereocenters. The zero-order chi connectivity index (χ0) is 6.41. The molecule has 0 bridgehead atoms. The molecule has 42 valence electrons. The molecule has 0 amide bonds. The Kier molecular flexibility index (Phi) is 3.25. The van der Waals surface area contributed by atoms with E-state index in [1.807, 2.05) is 0 Å². The van der Waals surface area contributed by atoms with Gasteiger partial charge in [-0.3, -0.25) is 0 Å². The molecule has 0 aromatic heterocycles. The Balaban J connectivity index is 3.77. The van der Waals surface area contributed by atoms with Crippen LogP contribution in [0.2, 0.25) is 0 Å². The van der Waals surface area contributed by atoms with Crippen LogP contribution in [0.15, 0.2) is 17.8 Å². The SMILES string of the molecule is C=CCC(C#N)=NO. The van der Waals surface area contributed by atoms with Gasteiger partial charge in [0.1, 0.15) is 6.07 Å². The van der Waals surface area contributed by atoms with Gasteiger partial charge in [-0.15, -0.1) is 6.58 Å². The molecule has 0 rings (SSSR count). The summed E-state index contributed by atoms with van der Waals surface area (Å²) < 4.78 is 0. The molecule has 3 nitrogen and oxygen atoms in total. The number of hydrogen-bond acceptors (Lipinski definition) is 3. The van der Waals surface area contributed by atoms with Crippen LogP contribution in [0.4, 0.5) is 0 Å².